The minimum Gasteiger partial charge on any atom is -0.311 e. The molecule has 17 heavy (non-hydrogen) atoms. The first-order valence-electron chi connectivity index (χ1n) is 5.86. The Hall–Kier alpha value is -1.68. The Morgan fingerprint density at radius 3 is 2.88 bits per heavy atom. The first-order valence-corrected chi connectivity index (χ1v) is 5.86. The van der Waals surface area contributed by atoms with Gasteiger partial charge in [0.05, 0.1) is 12.7 Å². The first kappa shape index (κ1) is 11.8. The zero-order chi connectivity index (χ0) is 12.1. The fourth-order valence-corrected chi connectivity index (χ4v) is 1.81. The van der Waals surface area contributed by atoms with Gasteiger partial charge in [-0.2, -0.15) is 0 Å². The molecule has 1 aromatic heterocycles. The summed E-state index contributed by atoms with van der Waals surface area (Å²) in [4.78, 5) is 0. The van der Waals surface area contributed by atoms with E-state index in [4.69, 9.17) is 0 Å². The third-order valence-corrected chi connectivity index (χ3v) is 2.80. The number of aromatic nitrogens is 3. The number of aryl methyl sites for hydroxylation is 2. The Morgan fingerprint density at radius 1 is 1.29 bits per heavy atom. The number of benzene rings is 1. The number of nitrogens with zero attached hydrogens (tertiary/aromatic N) is 3. The monoisotopic (exact) mass is 230 g/mol. The third-order valence-electron chi connectivity index (χ3n) is 2.80. The van der Waals surface area contributed by atoms with Gasteiger partial charge in [0.2, 0.25) is 0 Å². The van der Waals surface area contributed by atoms with Gasteiger partial charge in [-0.05, 0) is 25.0 Å². The van der Waals surface area contributed by atoms with Crippen molar-refractivity contribution in [3.05, 3.63) is 47.3 Å². The Balaban J connectivity index is 1.78. The van der Waals surface area contributed by atoms with E-state index in [2.05, 4.69) is 47.7 Å². The summed E-state index contributed by atoms with van der Waals surface area (Å²) in [5, 5.41) is 11.1. The van der Waals surface area contributed by atoms with Gasteiger partial charge in [-0.1, -0.05) is 29.0 Å². The first-order chi connectivity index (χ1) is 8.25. The van der Waals surface area contributed by atoms with Crippen LogP contribution in [-0.2, 0) is 13.1 Å². The average molecular weight is 230 g/mol. The number of hydrogen-bond acceptors (Lipinski definition) is 3. The second-order valence-electron chi connectivity index (χ2n) is 4.27. The summed E-state index contributed by atoms with van der Waals surface area (Å²) in [7, 11) is 0. The molecule has 0 aliphatic rings. The lowest BCUT2D eigenvalue weighted by atomic mass is 10.1. The van der Waals surface area contributed by atoms with Crippen molar-refractivity contribution in [3.8, 4) is 0 Å². The van der Waals surface area contributed by atoms with Crippen LogP contribution in [0.2, 0.25) is 0 Å². The van der Waals surface area contributed by atoms with Gasteiger partial charge in [-0.3, -0.25) is 4.68 Å². The van der Waals surface area contributed by atoms with Crippen LogP contribution in [-0.4, -0.2) is 21.5 Å². The molecule has 4 nitrogen and oxygen atoms in total. The second kappa shape index (κ2) is 5.59. The van der Waals surface area contributed by atoms with Crippen molar-refractivity contribution >= 4 is 0 Å². The van der Waals surface area contributed by atoms with Crippen LogP contribution >= 0.6 is 0 Å². The lowest BCUT2D eigenvalue weighted by Crippen LogP contribution is -2.20. The Bertz CT molecular complexity index is 462. The molecule has 0 fully saturated rings. The van der Waals surface area contributed by atoms with E-state index < -0.39 is 0 Å². The van der Waals surface area contributed by atoms with Crippen molar-refractivity contribution in [2.75, 3.05) is 6.54 Å². The summed E-state index contributed by atoms with van der Waals surface area (Å²) >= 11 is 0. The molecule has 0 saturated heterocycles. The zero-order valence-corrected chi connectivity index (χ0v) is 10.3. The summed E-state index contributed by atoms with van der Waals surface area (Å²) in [6.45, 7) is 6.93. The summed E-state index contributed by atoms with van der Waals surface area (Å²) in [6.07, 6.45) is 3.57. The number of rotatable bonds is 5. The summed E-state index contributed by atoms with van der Waals surface area (Å²) in [5.41, 5.74) is 4.02. The molecule has 0 saturated carbocycles. The van der Waals surface area contributed by atoms with Crippen molar-refractivity contribution in [2.45, 2.75) is 26.9 Å². The highest BCUT2D eigenvalue weighted by molar-refractivity contribution is 5.30. The van der Waals surface area contributed by atoms with Crippen LogP contribution in [0.15, 0.2) is 30.6 Å². The van der Waals surface area contributed by atoms with Crippen molar-refractivity contribution in [3.63, 3.8) is 0 Å². The summed E-state index contributed by atoms with van der Waals surface area (Å²) in [5.74, 6) is 0. The Morgan fingerprint density at radius 2 is 2.18 bits per heavy atom. The highest BCUT2D eigenvalue weighted by Crippen LogP contribution is 2.09. The fourth-order valence-electron chi connectivity index (χ4n) is 1.81. The summed E-state index contributed by atoms with van der Waals surface area (Å²) < 4.78 is 1.83. The van der Waals surface area contributed by atoms with Crippen LogP contribution in [0.5, 0.6) is 0 Å². The van der Waals surface area contributed by atoms with E-state index in [-0.39, 0.29) is 0 Å². The molecule has 0 bridgehead atoms. The summed E-state index contributed by atoms with van der Waals surface area (Å²) in [6, 6.07) is 6.56. The molecule has 1 aromatic carbocycles. The van der Waals surface area contributed by atoms with E-state index in [0.717, 1.165) is 19.6 Å². The van der Waals surface area contributed by atoms with E-state index in [1.807, 2.05) is 10.9 Å². The molecule has 0 atom stereocenters. The van der Waals surface area contributed by atoms with E-state index in [1.165, 1.54) is 16.7 Å². The molecule has 2 rings (SSSR count). The second-order valence-corrected chi connectivity index (χ2v) is 4.27. The lowest BCUT2D eigenvalue weighted by molar-refractivity contribution is 0.539. The largest absolute Gasteiger partial charge is 0.311 e. The molecular weight excluding hydrogens is 212 g/mol. The van der Waals surface area contributed by atoms with Crippen molar-refractivity contribution in [2.24, 2.45) is 0 Å². The van der Waals surface area contributed by atoms with Gasteiger partial charge >= 0.3 is 0 Å². The average Bonchev–Trinajstić information content (AvgIpc) is 2.79. The number of nitrogens with one attached hydrogen (secondary N) is 1. The molecule has 0 aliphatic carbocycles. The van der Waals surface area contributed by atoms with Crippen LogP contribution in [0.25, 0.3) is 0 Å². The van der Waals surface area contributed by atoms with E-state index >= 15 is 0 Å². The molecule has 0 spiro atoms. The maximum Gasteiger partial charge on any atom is 0.0692 e. The fraction of sp³-hybridized carbons (Fsp3) is 0.385. The van der Waals surface area contributed by atoms with Gasteiger partial charge in [0.1, 0.15) is 0 Å². The predicted octanol–water partition coefficient (Wildman–Crippen LogP) is 1.68. The Labute approximate surface area is 102 Å². The molecule has 0 unspecified atom stereocenters. The van der Waals surface area contributed by atoms with Crippen LogP contribution in [0.1, 0.15) is 16.7 Å². The van der Waals surface area contributed by atoms with Crippen molar-refractivity contribution in [1.29, 1.82) is 0 Å². The SMILES string of the molecule is Cc1ccc(CNCCn2ccnn2)c(C)c1. The highest BCUT2D eigenvalue weighted by Gasteiger charge is 1.98. The topological polar surface area (TPSA) is 42.7 Å². The minimum absolute atomic E-state index is 0.852. The molecule has 2 aromatic rings. The van der Waals surface area contributed by atoms with Crippen LogP contribution < -0.4 is 5.32 Å². The van der Waals surface area contributed by atoms with E-state index in [0.29, 0.717) is 0 Å². The van der Waals surface area contributed by atoms with Crippen molar-refractivity contribution in [1.82, 2.24) is 20.3 Å². The molecule has 0 amide bonds. The maximum absolute atomic E-state index is 3.92. The van der Waals surface area contributed by atoms with Crippen LogP contribution in [0, 0.1) is 13.8 Å². The van der Waals surface area contributed by atoms with Gasteiger partial charge < -0.3 is 5.32 Å². The van der Waals surface area contributed by atoms with Crippen molar-refractivity contribution < 1.29 is 0 Å². The lowest BCUT2D eigenvalue weighted by Gasteiger charge is -2.08. The molecule has 1 N–H and O–H groups in total. The van der Waals surface area contributed by atoms with Gasteiger partial charge in [-0.15, -0.1) is 5.10 Å². The minimum atomic E-state index is 0.852. The maximum atomic E-state index is 3.92. The molecule has 90 valence electrons. The molecule has 1 heterocycles. The quantitative estimate of drug-likeness (QED) is 0.795. The normalized spacial score (nSPS) is 10.7. The Kier molecular flexibility index (Phi) is 3.88. The standard InChI is InChI=1S/C13H18N4/c1-11-3-4-13(12(2)9-11)10-14-5-7-17-8-6-15-16-17/h3-4,6,8-9,14H,5,7,10H2,1-2H3. The molecular formula is C13H18N4. The van der Waals surface area contributed by atoms with Gasteiger partial charge in [0, 0.05) is 19.3 Å². The smallest absolute Gasteiger partial charge is 0.0692 e. The van der Waals surface area contributed by atoms with E-state index in [1.54, 1.807) is 6.20 Å². The molecule has 0 radical (unpaired) electrons. The molecule has 0 aliphatic heterocycles. The third kappa shape index (κ3) is 3.39. The van der Waals surface area contributed by atoms with Gasteiger partial charge in [0.15, 0.2) is 0 Å². The molecule has 4 heteroatoms. The van der Waals surface area contributed by atoms with Gasteiger partial charge in [0.25, 0.3) is 0 Å². The van der Waals surface area contributed by atoms with E-state index in [9.17, 15) is 0 Å². The zero-order valence-electron chi connectivity index (χ0n) is 10.3. The number of hydrogen-bond donors (Lipinski definition) is 1. The highest BCUT2D eigenvalue weighted by atomic mass is 15.4. The predicted molar refractivity (Wildman–Crippen MR) is 67.6 cm³/mol. The van der Waals surface area contributed by atoms with Gasteiger partial charge in [-0.25, -0.2) is 0 Å². The van der Waals surface area contributed by atoms with Crippen LogP contribution in [0.4, 0.5) is 0 Å². The van der Waals surface area contributed by atoms with Crippen LogP contribution in [0.3, 0.4) is 0 Å².